The molecule has 156 valence electrons. The van der Waals surface area contributed by atoms with Crippen molar-refractivity contribution in [2.45, 2.75) is 38.1 Å². The van der Waals surface area contributed by atoms with Crippen molar-refractivity contribution < 1.29 is 13.9 Å². The fourth-order valence-corrected chi connectivity index (χ4v) is 5.03. The zero-order chi connectivity index (χ0) is 21.3. The van der Waals surface area contributed by atoms with Crippen molar-refractivity contribution >= 4 is 28.5 Å². The van der Waals surface area contributed by atoms with E-state index in [1.807, 2.05) is 6.92 Å². The SMILES string of the molecule is COc1cnc(C(=O)Nc2ccc(F)c([C@@]3(C)N=C(N)SC4=C3CCCC4)c2)cn1. The molecule has 3 N–H and O–H groups in total. The van der Waals surface area contributed by atoms with Gasteiger partial charge in [-0.1, -0.05) is 11.8 Å². The first-order valence-electron chi connectivity index (χ1n) is 9.64. The largest absolute Gasteiger partial charge is 0.480 e. The van der Waals surface area contributed by atoms with E-state index >= 15 is 0 Å². The summed E-state index contributed by atoms with van der Waals surface area (Å²) >= 11 is 1.48. The summed E-state index contributed by atoms with van der Waals surface area (Å²) in [6, 6.07) is 4.47. The topological polar surface area (TPSA) is 102 Å². The monoisotopic (exact) mass is 427 g/mol. The summed E-state index contributed by atoms with van der Waals surface area (Å²) in [6.07, 6.45) is 6.60. The maximum Gasteiger partial charge on any atom is 0.275 e. The number of aromatic nitrogens is 2. The number of nitrogens with zero attached hydrogens (tertiary/aromatic N) is 3. The number of rotatable bonds is 4. The van der Waals surface area contributed by atoms with Gasteiger partial charge >= 0.3 is 0 Å². The van der Waals surface area contributed by atoms with E-state index in [0.29, 0.717) is 22.3 Å². The van der Waals surface area contributed by atoms with Crippen molar-refractivity contribution in [1.82, 2.24) is 9.97 Å². The van der Waals surface area contributed by atoms with Gasteiger partial charge in [0.1, 0.15) is 17.1 Å². The van der Waals surface area contributed by atoms with E-state index < -0.39 is 11.4 Å². The molecule has 1 aromatic carbocycles. The number of ether oxygens (including phenoxy) is 1. The molecule has 1 amide bonds. The summed E-state index contributed by atoms with van der Waals surface area (Å²) in [5, 5.41) is 3.18. The van der Waals surface area contributed by atoms with Crippen LogP contribution in [0.4, 0.5) is 10.1 Å². The number of benzene rings is 1. The number of allylic oxidation sites excluding steroid dienone is 1. The Morgan fingerprint density at radius 3 is 2.80 bits per heavy atom. The average Bonchev–Trinajstić information content (AvgIpc) is 2.75. The van der Waals surface area contributed by atoms with Crippen LogP contribution in [-0.4, -0.2) is 28.2 Å². The molecule has 0 bridgehead atoms. The van der Waals surface area contributed by atoms with Crippen LogP contribution in [-0.2, 0) is 5.54 Å². The smallest absolute Gasteiger partial charge is 0.275 e. The number of hydrogen-bond donors (Lipinski definition) is 2. The van der Waals surface area contributed by atoms with E-state index in [1.165, 1.54) is 48.3 Å². The van der Waals surface area contributed by atoms with Crippen LogP contribution in [0.15, 0.2) is 46.1 Å². The molecular weight excluding hydrogens is 405 g/mol. The van der Waals surface area contributed by atoms with Gasteiger partial charge in [-0.05, 0) is 61.3 Å². The second-order valence-electron chi connectivity index (χ2n) is 7.33. The van der Waals surface area contributed by atoms with Crippen molar-refractivity contribution in [2.24, 2.45) is 10.7 Å². The Morgan fingerprint density at radius 1 is 1.27 bits per heavy atom. The van der Waals surface area contributed by atoms with Crippen LogP contribution in [0.5, 0.6) is 5.88 Å². The number of carbonyl (C=O) groups is 1. The molecule has 9 heteroatoms. The number of methoxy groups -OCH3 is 1. The van der Waals surface area contributed by atoms with Crippen LogP contribution in [0, 0.1) is 5.82 Å². The van der Waals surface area contributed by atoms with Gasteiger partial charge in [0.05, 0.1) is 19.5 Å². The molecule has 30 heavy (non-hydrogen) atoms. The molecule has 1 aromatic heterocycles. The Labute approximate surface area is 178 Å². The van der Waals surface area contributed by atoms with Crippen LogP contribution in [0.3, 0.4) is 0 Å². The van der Waals surface area contributed by atoms with Crippen molar-refractivity contribution in [1.29, 1.82) is 0 Å². The van der Waals surface area contributed by atoms with Crippen molar-refractivity contribution in [3.05, 3.63) is 58.1 Å². The summed E-state index contributed by atoms with van der Waals surface area (Å²) < 4.78 is 19.9. The highest BCUT2D eigenvalue weighted by molar-refractivity contribution is 8.17. The predicted molar refractivity (Wildman–Crippen MR) is 115 cm³/mol. The van der Waals surface area contributed by atoms with Gasteiger partial charge in [-0.15, -0.1) is 0 Å². The summed E-state index contributed by atoms with van der Waals surface area (Å²) in [7, 11) is 1.47. The minimum absolute atomic E-state index is 0.126. The molecule has 1 aliphatic carbocycles. The first kappa shape index (κ1) is 20.3. The minimum atomic E-state index is -0.893. The van der Waals surface area contributed by atoms with E-state index in [4.69, 9.17) is 10.5 Å². The summed E-state index contributed by atoms with van der Waals surface area (Å²) in [5.74, 6) is -0.529. The first-order valence-corrected chi connectivity index (χ1v) is 10.5. The third-order valence-corrected chi connectivity index (χ3v) is 6.38. The molecule has 0 spiro atoms. The number of amidine groups is 1. The predicted octanol–water partition coefficient (Wildman–Crippen LogP) is 3.98. The zero-order valence-corrected chi connectivity index (χ0v) is 17.6. The second kappa shape index (κ2) is 8.06. The zero-order valence-electron chi connectivity index (χ0n) is 16.7. The van der Waals surface area contributed by atoms with Crippen LogP contribution >= 0.6 is 11.8 Å². The normalized spacial score (nSPS) is 21.0. The highest BCUT2D eigenvalue weighted by Gasteiger charge is 2.39. The van der Waals surface area contributed by atoms with Crippen molar-refractivity contribution in [2.75, 3.05) is 12.4 Å². The van der Waals surface area contributed by atoms with Crippen molar-refractivity contribution in [3.63, 3.8) is 0 Å². The fourth-order valence-electron chi connectivity index (χ4n) is 3.87. The number of aliphatic imine (C=N–C) groups is 1. The maximum absolute atomic E-state index is 14.9. The van der Waals surface area contributed by atoms with Gasteiger partial charge in [0.25, 0.3) is 5.91 Å². The number of hydrogen-bond acceptors (Lipinski definition) is 7. The average molecular weight is 428 g/mol. The molecule has 0 saturated carbocycles. The summed E-state index contributed by atoms with van der Waals surface area (Å²) in [5.41, 5.74) is 7.26. The molecule has 0 radical (unpaired) electrons. The van der Waals surface area contributed by atoms with Gasteiger partial charge in [-0.2, -0.15) is 0 Å². The van der Waals surface area contributed by atoms with Crippen LogP contribution in [0.1, 0.15) is 48.7 Å². The van der Waals surface area contributed by atoms with Crippen molar-refractivity contribution in [3.8, 4) is 5.88 Å². The Balaban J connectivity index is 1.67. The molecule has 0 fully saturated rings. The molecule has 7 nitrogen and oxygen atoms in total. The summed E-state index contributed by atoms with van der Waals surface area (Å²) in [6.45, 7) is 1.89. The van der Waals surface area contributed by atoms with E-state index in [2.05, 4.69) is 20.3 Å². The molecule has 4 rings (SSSR count). The standard InChI is InChI=1S/C21H22FN5O2S/c1-21(13-5-3-4-6-17(13)30-20(23)27-21)14-9-12(7-8-15(14)22)26-19(28)16-10-25-18(29-2)11-24-16/h7-11H,3-6H2,1-2H3,(H2,23,27)(H,26,28)/t21-/m0/s1. The first-order chi connectivity index (χ1) is 14.4. The lowest BCUT2D eigenvalue weighted by Gasteiger charge is -2.37. The van der Waals surface area contributed by atoms with E-state index in [-0.39, 0.29) is 11.5 Å². The van der Waals surface area contributed by atoms with Gasteiger partial charge in [0.15, 0.2) is 5.17 Å². The number of anilines is 1. The third-order valence-electron chi connectivity index (χ3n) is 5.39. The van der Waals surface area contributed by atoms with Gasteiger partial charge in [-0.25, -0.2) is 19.4 Å². The summed E-state index contributed by atoms with van der Waals surface area (Å²) in [4.78, 5) is 26.4. The number of halogens is 1. The number of amides is 1. The number of thioether (sulfide) groups is 1. The highest BCUT2D eigenvalue weighted by Crippen LogP contribution is 2.49. The highest BCUT2D eigenvalue weighted by atomic mass is 32.2. The van der Waals surface area contributed by atoms with Gasteiger partial charge in [0, 0.05) is 11.3 Å². The molecule has 1 atom stereocenters. The van der Waals surface area contributed by atoms with Crippen LogP contribution in [0.2, 0.25) is 0 Å². The molecule has 2 heterocycles. The molecule has 1 aliphatic heterocycles. The lowest BCUT2D eigenvalue weighted by molar-refractivity contribution is 0.102. The maximum atomic E-state index is 14.9. The molecule has 0 unspecified atom stereocenters. The van der Waals surface area contributed by atoms with Gasteiger partial charge in [-0.3, -0.25) is 4.79 Å². The lowest BCUT2D eigenvalue weighted by Crippen LogP contribution is -2.32. The Morgan fingerprint density at radius 2 is 2.07 bits per heavy atom. The number of nitrogens with one attached hydrogen (secondary N) is 1. The molecular formula is C21H22FN5O2S. The molecule has 2 aliphatic rings. The van der Waals surface area contributed by atoms with E-state index in [0.717, 1.165) is 31.3 Å². The minimum Gasteiger partial charge on any atom is -0.480 e. The Hall–Kier alpha value is -2.94. The molecule has 0 saturated heterocycles. The molecule has 2 aromatic rings. The van der Waals surface area contributed by atoms with E-state index in [1.54, 1.807) is 6.07 Å². The Bertz CT molecular complexity index is 1050. The quantitative estimate of drug-likeness (QED) is 0.765. The second-order valence-corrected chi connectivity index (χ2v) is 8.44. The van der Waals surface area contributed by atoms with Crippen LogP contribution in [0.25, 0.3) is 0 Å². The fraction of sp³-hybridized carbons (Fsp3) is 0.333. The Kier molecular flexibility index (Phi) is 5.46. The van der Waals surface area contributed by atoms with Gasteiger partial charge in [0.2, 0.25) is 5.88 Å². The van der Waals surface area contributed by atoms with E-state index in [9.17, 15) is 9.18 Å². The third kappa shape index (κ3) is 3.77. The van der Waals surface area contributed by atoms with Crippen LogP contribution < -0.4 is 15.8 Å². The number of carbonyl (C=O) groups excluding carboxylic acids is 1. The lowest BCUT2D eigenvalue weighted by atomic mass is 9.79. The van der Waals surface area contributed by atoms with Gasteiger partial charge < -0.3 is 15.8 Å². The number of nitrogens with two attached hydrogens (primary N) is 1.